The highest BCUT2D eigenvalue weighted by molar-refractivity contribution is 5.80. The molecule has 3 unspecified atom stereocenters. The first-order chi connectivity index (χ1) is 10.6. The van der Waals surface area contributed by atoms with Crippen molar-refractivity contribution in [2.45, 2.75) is 52.2 Å². The maximum absolute atomic E-state index is 9.92. The monoisotopic (exact) mass is 303 g/mol. The van der Waals surface area contributed by atoms with Gasteiger partial charge in [0.1, 0.15) is 0 Å². The van der Waals surface area contributed by atoms with Crippen molar-refractivity contribution in [2.24, 2.45) is 10.9 Å². The zero-order valence-electron chi connectivity index (χ0n) is 14.0. The van der Waals surface area contributed by atoms with E-state index in [-0.39, 0.29) is 12.1 Å². The third kappa shape index (κ3) is 4.47. The van der Waals surface area contributed by atoms with Gasteiger partial charge in [0.25, 0.3) is 0 Å². The molecule has 3 N–H and O–H groups in total. The number of nitrogens with one attached hydrogen (secondary N) is 2. The Morgan fingerprint density at radius 2 is 2.14 bits per heavy atom. The molecule has 1 saturated carbocycles. The summed E-state index contributed by atoms with van der Waals surface area (Å²) in [6.07, 6.45) is 2.94. The molecule has 4 heteroatoms. The lowest BCUT2D eigenvalue weighted by Crippen LogP contribution is -2.39. The highest BCUT2D eigenvalue weighted by Crippen LogP contribution is 2.25. The predicted molar refractivity (Wildman–Crippen MR) is 92.1 cm³/mol. The van der Waals surface area contributed by atoms with Gasteiger partial charge in [0.2, 0.25) is 0 Å². The van der Waals surface area contributed by atoms with Gasteiger partial charge in [0, 0.05) is 19.0 Å². The lowest BCUT2D eigenvalue weighted by Gasteiger charge is -2.20. The van der Waals surface area contributed by atoms with E-state index >= 15 is 0 Å². The van der Waals surface area contributed by atoms with Crippen molar-refractivity contribution in [1.29, 1.82) is 0 Å². The molecule has 1 aliphatic rings. The number of guanidine groups is 1. The van der Waals surface area contributed by atoms with Crippen molar-refractivity contribution in [3.8, 4) is 0 Å². The zero-order chi connectivity index (χ0) is 15.9. The van der Waals surface area contributed by atoms with Gasteiger partial charge in [0.15, 0.2) is 5.96 Å². The summed E-state index contributed by atoms with van der Waals surface area (Å²) in [5, 5.41) is 16.7. The van der Waals surface area contributed by atoms with Crippen molar-refractivity contribution in [3.63, 3.8) is 0 Å². The summed E-state index contributed by atoms with van der Waals surface area (Å²) in [5.41, 5.74) is 2.57. The van der Waals surface area contributed by atoms with Crippen LogP contribution < -0.4 is 10.6 Å². The van der Waals surface area contributed by atoms with Crippen molar-refractivity contribution >= 4 is 5.96 Å². The topological polar surface area (TPSA) is 56.7 Å². The van der Waals surface area contributed by atoms with Gasteiger partial charge in [0.05, 0.1) is 12.1 Å². The predicted octanol–water partition coefficient (Wildman–Crippen LogP) is 2.77. The Balaban J connectivity index is 2.00. The van der Waals surface area contributed by atoms with Gasteiger partial charge < -0.3 is 15.7 Å². The summed E-state index contributed by atoms with van der Waals surface area (Å²) < 4.78 is 0. The second kappa shape index (κ2) is 8.18. The van der Waals surface area contributed by atoms with Gasteiger partial charge in [-0.1, -0.05) is 30.7 Å². The minimum atomic E-state index is -0.180. The summed E-state index contributed by atoms with van der Waals surface area (Å²) in [5.74, 6) is 1.14. The van der Waals surface area contributed by atoms with E-state index in [1.807, 2.05) is 0 Å². The lowest BCUT2D eigenvalue weighted by molar-refractivity contribution is 0.136. The minimum Gasteiger partial charge on any atom is -0.393 e. The Morgan fingerprint density at radius 1 is 1.36 bits per heavy atom. The molecule has 1 aromatic rings. The Bertz CT molecular complexity index is 501. The van der Waals surface area contributed by atoms with Crippen molar-refractivity contribution in [3.05, 3.63) is 35.4 Å². The Kier molecular flexibility index (Phi) is 6.25. The molecule has 4 nitrogen and oxygen atoms in total. The number of rotatable bonds is 5. The van der Waals surface area contributed by atoms with Crippen molar-refractivity contribution in [2.75, 3.05) is 13.1 Å². The largest absolute Gasteiger partial charge is 0.393 e. The van der Waals surface area contributed by atoms with Crippen LogP contribution in [-0.4, -0.2) is 30.3 Å². The van der Waals surface area contributed by atoms with Gasteiger partial charge in [-0.15, -0.1) is 0 Å². The number of nitrogens with zero attached hydrogens (tertiary/aromatic N) is 1. The number of benzene rings is 1. The number of aliphatic hydroxyl groups is 1. The second-order valence-corrected chi connectivity index (χ2v) is 6.20. The van der Waals surface area contributed by atoms with E-state index in [0.29, 0.717) is 12.5 Å². The minimum absolute atomic E-state index is 0.180. The zero-order valence-corrected chi connectivity index (χ0v) is 14.0. The van der Waals surface area contributed by atoms with Crippen LogP contribution in [0.15, 0.2) is 29.3 Å². The molecule has 22 heavy (non-hydrogen) atoms. The fourth-order valence-electron chi connectivity index (χ4n) is 3.11. The molecule has 1 fully saturated rings. The number of aliphatic imine (C=N–C) groups is 1. The number of aryl methyl sites for hydroxylation is 1. The van der Waals surface area contributed by atoms with Crippen LogP contribution in [0.2, 0.25) is 0 Å². The summed E-state index contributed by atoms with van der Waals surface area (Å²) in [4.78, 5) is 4.68. The molecule has 1 aromatic carbocycles. The smallest absolute Gasteiger partial charge is 0.191 e. The average molecular weight is 303 g/mol. The van der Waals surface area contributed by atoms with Crippen LogP contribution in [0, 0.1) is 12.8 Å². The maximum Gasteiger partial charge on any atom is 0.191 e. The molecule has 0 radical (unpaired) electrons. The molecular formula is C18H29N3O. The SMILES string of the molecule is CCNC(=NCC1CCCC1O)NC(C)c1ccccc1C. The van der Waals surface area contributed by atoms with Crippen LogP contribution in [0.5, 0.6) is 0 Å². The third-order valence-corrected chi connectivity index (χ3v) is 4.46. The first kappa shape index (κ1) is 16.8. The third-order valence-electron chi connectivity index (χ3n) is 4.46. The van der Waals surface area contributed by atoms with E-state index in [1.165, 1.54) is 11.1 Å². The number of hydrogen-bond donors (Lipinski definition) is 3. The van der Waals surface area contributed by atoms with Gasteiger partial charge in [-0.2, -0.15) is 0 Å². The Hall–Kier alpha value is -1.55. The fraction of sp³-hybridized carbons (Fsp3) is 0.611. The van der Waals surface area contributed by atoms with Crippen LogP contribution in [0.3, 0.4) is 0 Å². The molecule has 2 rings (SSSR count). The van der Waals surface area contributed by atoms with Crippen LogP contribution in [0.4, 0.5) is 0 Å². The van der Waals surface area contributed by atoms with Gasteiger partial charge >= 0.3 is 0 Å². The summed E-state index contributed by atoms with van der Waals surface area (Å²) in [6.45, 7) is 7.88. The lowest BCUT2D eigenvalue weighted by atomic mass is 10.0. The van der Waals surface area contributed by atoms with E-state index in [2.05, 4.69) is 60.7 Å². The number of aliphatic hydroxyl groups excluding tert-OH is 1. The molecule has 3 atom stereocenters. The molecule has 0 aromatic heterocycles. The van der Waals surface area contributed by atoms with E-state index < -0.39 is 0 Å². The standard InChI is InChI=1S/C18H29N3O/c1-4-19-18(20-12-15-9-7-11-17(15)22)21-14(3)16-10-6-5-8-13(16)2/h5-6,8,10,14-15,17,22H,4,7,9,11-12H2,1-3H3,(H2,19,20,21). The van der Waals surface area contributed by atoms with Gasteiger partial charge in [-0.3, -0.25) is 4.99 Å². The Labute approximate surface area is 134 Å². The Morgan fingerprint density at radius 3 is 2.77 bits per heavy atom. The molecule has 0 heterocycles. The van der Waals surface area contributed by atoms with E-state index in [9.17, 15) is 5.11 Å². The first-order valence-electron chi connectivity index (χ1n) is 8.40. The maximum atomic E-state index is 9.92. The molecule has 0 saturated heterocycles. The van der Waals surface area contributed by atoms with Gasteiger partial charge in [-0.05, 0) is 44.7 Å². The summed E-state index contributed by atoms with van der Waals surface area (Å²) >= 11 is 0. The van der Waals surface area contributed by atoms with Crippen LogP contribution in [-0.2, 0) is 0 Å². The van der Waals surface area contributed by atoms with Crippen molar-refractivity contribution in [1.82, 2.24) is 10.6 Å². The molecule has 0 amide bonds. The van der Waals surface area contributed by atoms with Crippen LogP contribution in [0.25, 0.3) is 0 Å². The number of hydrogen-bond acceptors (Lipinski definition) is 2. The van der Waals surface area contributed by atoms with E-state index in [1.54, 1.807) is 0 Å². The highest BCUT2D eigenvalue weighted by Gasteiger charge is 2.24. The van der Waals surface area contributed by atoms with Crippen molar-refractivity contribution < 1.29 is 5.11 Å². The fourth-order valence-corrected chi connectivity index (χ4v) is 3.11. The van der Waals surface area contributed by atoms with E-state index in [4.69, 9.17) is 0 Å². The summed E-state index contributed by atoms with van der Waals surface area (Å²) in [6, 6.07) is 8.61. The summed E-state index contributed by atoms with van der Waals surface area (Å²) in [7, 11) is 0. The molecule has 122 valence electrons. The normalized spacial score (nSPS) is 23.4. The van der Waals surface area contributed by atoms with Crippen LogP contribution >= 0.6 is 0 Å². The second-order valence-electron chi connectivity index (χ2n) is 6.20. The average Bonchev–Trinajstić information content (AvgIpc) is 2.90. The molecular weight excluding hydrogens is 274 g/mol. The highest BCUT2D eigenvalue weighted by atomic mass is 16.3. The molecule has 0 aliphatic heterocycles. The first-order valence-corrected chi connectivity index (χ1v) is 8.40. The van der Waals surface area contributed by atoms with E-state index in [0.717, 1.165) is 31.8 Å². The molecule has 1 aliphatic carbocycles. The molecule has 0 spiro atoms. The quantitative estimate of drug-likeness (QED) is 0.579. The van der Waals surface area contributed by atoms with Crippen LogP contribution in [0.1, 0.15) is 50.3 Å². The molecule has 0 bridgehead atoms. The van der Waals surface area contributed by atoms with Gasteiger partial charge in [-0.25, -0.2) is 0 Å².